The zero-order valence-corrected chi connectivity index (χ0v) is 13.8. The van der Waals surface area contributed by atoms with E-state index in [1.165, 1.54) is 5.56 Å². The van der Waals surface area contributed by atoms with E-state index < -0.39 is 12.0 Å². The van der Waals surface area contributed by atoms with Crippen molar-refractivity contribution in [2.24, 2.45) is 0 Å². The third kappa shape index (κ3) is 6.33. The average Bonchev–Trinajstić information content (AvgIpc) is 2.56. The highest BCUT2D eigenvalue weighted by Gasteiger charge is 2.16. The summed E-state index contributed by atoms with van der Waals surface area (Å²) in [5, 5.41) is 13.2. The number of rotatable bonds is 9. The number of hydrogen-bond acceptors (Lipinski definition) is 2. The van der Waals surface area contributed by atoms with Crippen LogP contribution in [0.3, 0.4) is 0 Å². The monoisotopic (exact) mass is 331 g/mol. The Morgan fingerprint density at radius 2 is 1.70 bits per heavy atom. The van der Waals surface area contributed by atoms with Crippen molar-refractivity contribution < 1.29 is 9.90 Å². The number of carbonyl (C=O) groups is 1. The van der Waals surface area contributed by atoms with Crippen molar-refractivity contribution in [3.05, 3.63) is 65.2 Å². The first kappa shape index (κ1) is 17.4. The Labute approximate surface area is 142 Å². The molecule has 0 aliphatic carbocycles. The summed E-state index contributed by atoms with van der Waals surface area (Å²) in [6.45, 7) is 0. The van der Waals surface area contributed by atoms with Gasteiger partial charge in [0.25, 0.3) is 0 Å². The van der Waals surface area contributed by atoms with Crippen molar-refractivity contribution in [3.8, 4) is 0 Å². The van der Waals surface area contributed by atoms with E-state index in [1.807, 2.05) is 54.6 Å². The van der Waals surface area contributed by atoms with Crippen molar-refractivity contribution in [2.45, 2.75) is 38.1 Å². The SMILES string of the molecule is O=C(O)C(CCCCCc1ccc(Cl)cc1)Nc1ccccc1. The molecule has 1 atom stereocenters. The van der Waals surface area contributed by atoms with Gasteiger partial charge >= 0.3 is 5.97 Å². The maximum atomic E-state index is 11.3. The second-order valence-electron chi connectivity index (χ2n) is 5.63. The molecule has 0 fully saturated rings. The van der Waals surface area contributed by atoms with Crippen molar-refractivity contribution in [3.63, 3.8) is 0 Å². The fourth-order valence-corrected chi connectivity index (χ4v) is 2.62. The second-order valence-corrected chi connectivity index (χ2v) is 6.06. The molecule has 0 bridgehead atoms. The minimum Gasteiger partial charge on any atom is -0.480 e. The van der Waals surface area contributed by atoms with Crippen molar-refractivity contribution >= 4 is 23.3 Å². The van der Waals surface area contributed by atoms with Gasteiger partial charge in [0.1, 0.15) is 6.04 Å². The molecule has 2 rings (SSSR count). The van der Waals surface area contributed by atoms with E-state index in [0.29, 0.717) is 6.42 Å². The first-order chi connectivity index (χ1) is 11.1. The molecule has 0 aromatic heterocycles. The molecular formula is C19H22ClNO2. The fourth-order valence-electron chi connectivity index (χ4n) is 2.50. The highest BCUT2D eigenvalue weighted by molar-refractivity contribution is 6.30. The second kappa shape index (κ2) is 9.21. The Kier molecular flexibility index (Phi) is 6.95. The molecule has 0 saturated heterocycles. The molecule has 23 heavy (non-hydrogen) atoms. The van der Waals surface area contributed by atoms with Gasteiger partial charge in [-0.25, -0.2) is 4.79 Å². The number of para-hydroxylation sites is 1. The van der Waals surface area contributed by atoms with Crippen LogP contribution >= 0.6 is 11.6 Å². The van der Waals surface area contributed by atoms with E-state index in [0.717, 1.165) is 36.4 Å². The largest absolute Gasteiger partial charge is 0.480 e. The van der Waals surface area contributed by atoms with Crippen LogP contribution in [-0.4, -0.2) is 17.1 Å². The smallest absolute Gasteiger partial charge is 0.326 e. The predicted octanol–water partition coefficient (Wildman–Crippen LogP) is 5.01. The Bertz CT molecular complexity index is 599. The number of anilines is 1. The summed E-state index contributed by atoms with van der Waals surface area (Å²) in [5.74, 6) is -0.799. The van der Waals surface area contributed by atoms with Crippen LogP contribution in [0.4, 0.5) is 5.69 Å². The van der Waals surface area contributed by atoms with Gasteiger partial charge in [0.2, 0.25) is 0 Å². The van der Waals surface area contributed by atoms with Crippen LogP contribution in [0.1, 0.15) is 31.2 Å². The summed E-state index contributed by atoms with van der Waals surface area (Å²) in [6.07, 6.45) is 4.60. The fraction of sp³-hybridized carbons (Fsp3) is 0.316. The summed E-state index contributed by atoms with van der Waals surface area (Å²) >= 11 is 5.86. The topological polar surface area (TPSA) is 49.3 Å². The number of hydrogen-bond donors (Lipinski definition) is 2. The number of carboxylic acid groups (broad SMARTS) is 1. The zero-order chi connectivity index (χ0) is 16.5. The molecule has 0 aliphatic heterocycles. The van der Waals surface area contributed by atoms with E-state index in [2.05, 4.69) is 5.32 Å². The van der Waals surface area contributed by atoms with Crippen LogP contribution in [0.2, 0.25) is 5.02 Å². The van der Waals surface area contributed by atoms with Gasteiger partial charge in [-0.3, -0.25) is 0 Å². The van der Waals surface area contributed by atoms with E-state index in [4.69, 9.17) is 11.6 Å². The lowest BCUT2D eigenvalue weighted by Crippen LogP contribution is -2.29. The predicted molar refractivity (Wildman–Crippen MR) is 95.1 cm³/mol. The van der Waals surface area contributed by atoms with Crippen LogP contribution in [-0.2, 0) is 11.2 Å². The standard InChI is InChI=1S/C19H22ClNO2/c20-16-13-11-15(12-14-16)7-3-1-6-10-18(19(22)23)21-17-8-4-2-5-9-17/h2,4-5,8-9,11-14,18,21H,1,3,6-7,10H2,(H,22,23). The van der Waals surface area contributed by atoms with E-state index in [1.54, 1.807) is 0 Å². The number of aryl methyl sites for hydroxylation is 1. The van der Waals surface area contributed by atoms with Crippen LogP contribution in [0.25, 0.3) is 0 Å². The van der Waals surface area contributed by atoms with E-state index >= 15 is 0 Å². The lowest BCUT2D eigenvalue weighted by atomic mass is 10.0. The first-order valence-electron chi connectivity index (χ1n) is 7.94. The maximum absolute atomic E-state index is 11.3. The normalized spacial score (nSPS) is 11.9. The average molecular weight is 332 g/mol. The van der Waals surface area contributed by atoms with E-state index in [-0.39, 0.29) is 0 Å². The Morgan fingerprint density at radius 1 is 1.00 bits per heavy atom. The highest BCUT2D eigenvalue weighted by atomic mass is 35.5. The van der Waals surface area contributed by atoms with Crippen molar-refractivity contribution in [1.29, 1.82) is 0 Å². The van der Waals surface area contributed by atoms with Gasteiger partial charge in [-0.05, 0) is 49.1 Å². The van der Waals surface area contributed by atoms with E-state index in [9.17, 15) is 9.90 Å². The molecule has 1 unspecified atom stereocenters. The zero-order valence-electron chi connectivity index (χ0n) is 13.0. The summed E-state index contributed by atoms with van der Waals surface area (Å²) < 4.78 is 0. The third-order valence-corrected chi connectivity index (χ3v) is 4.04. The number of aliphatic carboxylic acids is 1. The molecule has 0 saturated carbocycles. The third-order valence-electron chi connectivity index (χ3n) is 3.78. The van der Waals surface area contributed by atoms with Crippen LogP contribution < -0.4 is 5.32 Å². The Balaban J connectivity index is 1.70. The molecule has 0 spiro atoms. The number of benzene rings is 2. The quantitative estimate of drug-likeness (QED) is 0.635. The number of halogens is 1. The molecule has 3 nitrogen and oxygen atoms in total. The van der Waals surface area contributed by atoms with Gasteiger partial charge in [0.05, 0.1) is 0 Å². The van der Waals surface area contributed by atoms with Gasteiger partial charge in [0.15, 0.2) is 0 Å². The Morgan fingerprint density at radius 3 is 2.35 bits per heavy atom. The van der Waals surface area contributed by atoms with Crippen LogP contribution in [0.5, 0.6) is 0 Å². The molecule has 0 heterocycles. The molecule has 0 radical (unpaired) electrons. The van der Waals surface area contributed by atoms with Gasteiger partial charge in [-0.1, -0.05) is 54.8 Å². The Hall–Kier alpha value is -2.00. The summed E-state index contributed by atoms with van der Waals surface area (Å²) in [5.41, 5.74) is 2.12. The van der Waals surface area contributed by atoms with Gasteiger partial charge < -0.3 is 10.4 Å². The summed E-state index contributed by atoms with van der Waals surface area (Å²) in [4.78, 5) is 11.3. The van der Waals surface area contributed by atoms with Crippen LogP contribution in [0, 0.1) is 0 Å². The van der Waals surface area contributed by atoms with Gasteiger partial charge in [0, 0.05) is 10.7 Å². The molecule has 2 aromatic rings. The lowest BCUT2D eigenvalue weighted by molar-refractivity contribution is -0.138. The first-order valence-corrected chi connectivity index (χ1v) is 8.32. The molecule has 0 amide bonds. The molecule has 2 aromatic carbocycles. The minimum absolute atomic E-state index is 0.534. The molecule has 0 aliphatic rings. The molecule has 122 valence electrons. The van der Waals surface area contributed by atoms with Crippen LogP contribution in [0.15, 0.2) is 54.6 Å². The van der Waals surface area contributed by atoms with Crippen molar-refractivity contribution in [1.82, 2.24) is 0 Å². The molecular weight excluding hydrogens is 310 g/mol. The number of carboxylic acids is 1. The van der Waals surface area contributed by atoms with Gasteiger partial charge in [-0.2, -0.15) is 0 Å². The molecule has 2 N–H and O–H groups in total. The van der Waals surface area contributed by atoms with Gasteiger partial charge in [-0.15, -0.1) is 0 Å². The highest BCUT2D eigenvalue weighted by Crippen LogP contribution is 2.15. The van der Waals surface area contributed by atoms with Crippen molar-refractivity contribution in [2.75, 3.05) is 5.32 Å². The summed E-state index contributed by atoms with van der Waals surface area (Å²) in [6, 6.07) is 16.8. The summed E-state index contributed by atoms with van der Waals surface area (Å²) in [7, 11) is 0. The lowest BCUT2D eigenvalue weighted by Gasteiger charge is -2.15. The molecule has 4 heteroatoms. The number of unbranched alkanes of at least 4 members (excludes halogenated alkanes) is 2. The minimum atomic E-state index is -0.799. The maximum Gasteiger partial charge on any atom is 0.326 e. The number of nitrogens with one attached hydrogen (secondary N) is 1.